The maximum atomic E-state index is 15.3. The average molecular weight is 589 g/mol. The predicted octanol–water partition coefficient (Wildman–Crippen LogP) is 6.30. The summed E-state index contributed by atoms with van der Waals surface area (Å²) in [5.41, 5.74) is 1.29. The number of hydrogen-bond acceptors (Lipinski definition) is 5. The summed E-state index contributed by atoms with van der Waals surface area (Å²) in [5, 5.41) is 9.72. The van der Waals surface area contributed by atoms with Crippen LogP contribution in [0.5, 0.6) is 5.75 Å². The Balaban J connectivity index is 1.44. The smallest absolute Gasteiger partial charge is 0.395 e. The maximum absolute atomic E-state index is 15.3. The van der Waals surface area contributed by atoms with Crippen molar-refractivity contribution in [3.05, 3.63) is 82.9 Å². The van der Waals surface area contributed by atoms with E-state index in [1.54, 1.807) is 49.6 Å². The highest BCUT2D eigenvalue weighted by atomic mass is 19.4. The van der Waals surface area contributed by atoms with Crippen molar-refractivity contribution < 1.29 is 36.6 Å². The molecule has 2 aromatic carbocycles. The zero-order chi connectivity index (χ0) is 30.4. The van der Waals surface area contributed by atoms with E-state index in [0.717, 1.165) is 0 Å². The van der Waals surface area contributed by atoms with Gasteiger partial charge >= 0.3 is 12.1 Å². The number of carboxylic acids is 1. The molecule has 0 atom stereocenters. The van der Waals surface area contributed by atoms with Gasteiger partial charge in [0.05, 0.1) is 28.9 Å². The van der Waals surface area contributed by atoms with Crippen molar-refractivity contribution >= 4 is 22.7 Å². The van der Waals surface area contributed by atoms with Gasteiger partial charge in [-0.1, -0.05) is 6.07 Å². The molecule has 7 nitrogen and oxygen atoms in total. The van der Waals surface area contributed by atoms with Gasteiger partial charge in [-0.25, -0.2) is 13.8 Å². The van der Waals surface area contributed by atoms with Crippen LogP contribution in [0.3, 0.4) is 0 Å². The lowest BCUT2D eigenvalue weighted by atomic mass is 9.89. The van der Waals surface area contributed by atoms with E-state index in [1.807, 2.05) is 0 Å². The minimum atomic E-state index is -4.29. The van der Waals surface area contributed by atoms with E-state index in [1.165, 1.54) is 29.3 Å². The third-order valence-electron chi connectivity index (χ3n) is 7.48. The van der Waals surface area contributed by atoms with Gasteiger partial charge in [0.15, 0.2) is 0 Å². The summed E-state index contributed by atoms with van der Waals surface area (Å²) in [6.07, 6.45) is -2.71. The third kappa shape index (κ3) is 6.02. The highest BCUT2D eigenvalue weighted by Crippen LogP contribution is 2.37. The van der Waals surface area contributed by atoms with E-state index in [4.69, 9.17) is 4.74 Å². The molecular formula is C30H29F5N4O3. The van der Waals surface area contributed by atoms with Gasteiger partial charge < -0.3 is 19.3 Å². The molecule has 0 unspecified atom stereocenters. The molecule has 222 valence electrons. The first-order chi connectivity index (χ1) is 19.7. The number of aromatic nitrogens is 3. The van der Waals surface area contributed by atoms with Gasteiger partial charge in [-0.3, -0.25) is 9.78 Å². The van der Waals surface area contributed by atoms with Crippen molar-refractivity contribution in [1.29, 1.82) is 0 Å². The van der Waals surface area contributed by atoms with Gasteiger partial charge in [-0.05, 0) is 56.7 Å². The van der Waals surface area contributed by atoms with Crippen LogP contribution in [0.4, 0.5) is 27.6 Å². The normalized spacial score (nSPS) is 14.3. The topological polar surface area (TPSA) is 80.5 Å². The fraction of sp³-hybridized carbons (Fsp3) is 0.367. The first kappa shape index (κ1) is 29.3. The Hall–Kier alpha value is -4.22. The second-order valence-electron chi connectivity index (χ2n) is 11.3. The number of benzene rings is 2. The van der Waals surface area contributed by atoms with Crippen LogP contribution in [0.25, 0.3) is 11.0 Å². The van der Waals surface area contributed by atoms with Crippen LogP contribution in [0.1, 0.15) is 36.5 Å². The molecule has 1 N–H and O–H groups in total. The van der Waals surface area contributed by atoms with Crippen molar-refractivity contribution in [2.75, 3.05) is 18.0 Å². The molecule has 12 heteroatoms. The molecule has 1 fully saturated rings. The monoisotopic (exact) mass is 588 g/mol. The Labute approximate surface area is 238 Å². The summed E-state index contributed by atoms with van der Waals surface area (Å²) in [6, 6.07) is 10.6. The fourth-order valence-electron chi connectivity index (χ4n) is 4.77. The number of aliphatic carboxylic acids is 1. The number of rotatable bonds is 9. The number of carbonyl (C=O) groups is 1. The molecule has 0 spiro atoms. The molecule has 0 amide bonds. The summed E-state index contributed by atoms with van der Waals surface area (Å²) in [6.45, 7) is 4.24. The van der Waals surface area contributed by atoms with E-state index in [-0.39, 0.29) is 43.9 Å². The van der Waals surface area contributed by atoms with Crippen LogP contribution in [0, 0.1) is 29.9 Å². The lowest BCUT2D eigenvalue weighted by molar-refractivity contribution is -0.180. The van der Waals surface area contributed by atoms with E-state index in [9.17, 15) is 27.5 Å². The molecule has 0 radical (unpaired) electrons. The molecule has 3 heterocycles. The zero-order valence-electron chi connectivity index (χ0n) is 23.2. The summed E-state index contributed by atoms with van der Waals surface area (Å²) in [4.78, 5) is 22.0. The minimum absolute atomic E-state index is 0.0174. The Bertz CT molecular complexity index is 1640. The number of pyridine rings is 1. The molecule has 0 saturated carbocycles. The maximum Gasteiger partial charge on any atom is 0.395 e. The van der Waals surface area contributed by atoms with Gasteiger partial charge in [0.2, 0.25) is 0 Å². The van der Waals surface area contributed by atoms with E-state index < -0.39 is 35.1 Å². The summed E-state index contributed by atoms with van der Waals surface area (Å²) >= 11 is 0. The highest BCUT2D eigenvalue weighted by Gasteiger charge is 2.47. The van der Waals surface area contributed by atoms with Gasteiger partial charge in [0, 0.05) is 43.0 Å². The highest BCUT2D eigenvalue weighted by molar-refractivity contribution is 5.79. The summed E-state index contributed by atoms with van der Waals surface area (Å²) in [5.74, 6) is -2.79. The second kappa shape index (κ2) is 10.9. The van der Waals surface area contributed by atoms with Crippen molar-refractivity contribution in [1.82, 2.24) is 14.5 Å². The Morgan fingerprint density at radius 2 is 1.81 bits per heavy atom. The van der Waals surface area contributed by atoms with Gasteiger partial charge in [0.25, 0.3) is 0 Å². The van der Waals surface area contributed by atoms with Crippen LogP contribution in [0.15, 0.2) is 48.7 Å². The summed E-state index contributed by atoms with van der Waals surface area (Å²) < 4.78 is 75.7. The molecular weight excluding hydrogens is 559 g/mol. The Morgan fingerprint density at radius 3 is 2.45 bits per heavy atom. The lowest BCUT2D eigenvalue weighted by Gasteiger charge is -2.41. The third-order valence-corrected chi connectivity index (χ3v) is 7.48. The van der Waals surface area contributed by atoms with Gasteiger partial charge in [-0.15, -0.1) is 0 Å². The summed E-state index contributed by atoms with van der Waals surface area (Å²) in [7, 11) is 0. The number of hydrogen-bond donors (Lipinski definition) is 1. The number of imidazole rings is 1. The predicted molar refractivity (Wildman–Crippen MR) is 145 cm³/mol. The van der Waals surface area contributed by atoms with Crippen LogP contribution in [0.2, 0.25) is 0 Å². The van der Waals surface area contributed by atoms with Crippen LogP contribution >= 0.6 is 0 Å². The molecule has 42 heavy (non-hydrogen) atoms. The van der Waals surface area contributed by atoms with Crippen molar-refractivity contribution in [3.63, 3.8) is 0 Å². The average Bonchev–Trinajstić information content (AvgIpc) is 3.18. The van der Waals surface area contributed by atoms with Crippen molar-refractivity contribution in [3.8, 4) is 5.75 Å². The number of anilines is 1. The van der Waals surface area contributed by atoms with E-state index >= 15 is 4.39 Å². The molecule has 1 saturated heterocycles. The molecule has 0 aliphatic carbocycles. The van der Waals surface area contributed by atoms with Crippen LogP contribution in [-0.2, 0) is 24.4 Å². The van der Waals surface area contributed by atoms with Gasteiger partial charge in [-0.2, -0.15) is 13.2 Å². The molecule has 5 rings (SSSR count). The van der Waals surface area contributed by atoms with Crippen molar-refractivity contribution in [2.24, 2.45) is 11.3 Å². The molecule has 1 aliphatic rings. The Kier molecular flexibility index (Phi) is 7.59. The molecule has 1 aliphatic heterocycles. The molecule has 0 bridgehead atoms. The van der Waals surface area contributed by atoms with Crippen LogP contribution in [-0.4, -0.2) is 44.9 Å². The standard InChI is InChI=1S/C30H29F5N4O3/c1-17-8-23(32)25(36-12-17)16-42-21-6-7-24-26(10-21)39(27(37-24)11-29(2,3)28(40)41)13-18-4-5-20(9-22(18)31)38-14-19(15-38)30(33,34)35/h4-10,12,19H,11,13-16H2,1-3H3,(H,40,41). The second-order valence-corrected chi connectivity index (χ2v) is 11.3. The SMILES string of the molecule is Cc1cnc(COc2ccc3nc(CC(C)(C)C(=O)O)n(Cc4ccc(N5CC(C(F)(F)F)C5)cc4F)c3c2)c(F)c1. The first-order valence-corrected chi connectivity index (χ1v) is 13.3. The number of carboxylic acid groups (broad SMARTS) is 1. The number of alkyl halides is 3. The number of nitrogens with zero attached hydrogens (tertiary/aromatic N) is 4. The first-order valence-electron chi connectivity index (χ1n) is 13.3. The van der Waals surface area contributed by atoms with E-state index in [2.05, 4.69) is 9.97 Å². The Morgan fingerprint density at radius 1 is 1.07 bits per heavy atom. The van der Waals surface area contributed by atoms with Crippen molar-refractivity contribution in [2.45, 2.75) is 46.5 Å². The number of fused-ring (bicyclic) bond motifs is 1. The number of aryl methyl sites for hydroxylation is 1. The lowest BCUT2D eigenvalue weighted by Crippen LogP contribution is -2.53. The fourth-order valence-corrected chi connectivity index (χ4v) is 4.77. The zero-order valence-corrected chi connectivity index (χ0v) is 23.2. The molecule has 4 aromatic rings. The quantitative estimate of drug-likeness (QED) is 0.231. The van der Waals surface area contributed by atoms with Crippen LogP contribution < -0.4 is 9.64 Å². The number of ether oxygens (including phenoxy) is 1. The van der Waals surface area contributed by atoms with E-state index in [0.29, 0.717) is 33.9 Å². The van der Waals surface area contributed by atoms with Gasteiger partial charge in [0.1, 0.15) is 35.5 Å². The minimum Gasteiger partial charge on any atom is -0.487 e. The number of halogens is 5. The largest absolute Gasteiger partial charge is 0.487 e. The molecule has 2 aromatic heterocycles.